The molecule has 154 valence electrons. The normalized spacial score (nSPS) is 17.7. The number of ether oxygens (including phenoxy) is 2. The molecule has 4 aromatic carbocycles. The Kier molecular flexibility index (Phi) is 5.21. The van der Waals surface area contributed by atoms with E-state index >= 15 is 0 Å². The van der Waals surface area contributed by atoms with Crippen molar-refractivity contribution in [1.82, 2.24) is 0 Å². The Morgan fingerprint density at radius 2 is 1.58 bits per heavy atom. The van der Waals surface area contributed by atoms with Gasteiger partial charge < -0.3 is 14.6 Å². The average molecular weight is 429 g/mol. The van der Waals surface area contributed by atoms with Crippen molar-refractivity contribution in [3.8, 4) is 17.2 Å². The maximum Gasteiger partial charge on any atom is 0.293 e. The number of rotatable bonds is 6. The van der Waals surface area contributed by atoms with Crippen LogP contribution >= 0.6 is 11.8 Å². The number of thioether (sulfide) groups is 1. The van der Waals surface area contributed by atoms with Crippen LogP contribution in [0.25, 0.3) is 0 Å². The molecule has 0 fully saturated rings. The second-order valence-electron chi connectivity index (χ2n) is 7.44. The van der Waals surface area contributed by atoms with Crippen molar-refractivity contribution >= 4 is 11.8 Å². The highest BCUT2D eigenvalue weighted by Crippen LogP contribution is 2.53. The van der Waals surface area contributed by atoms with Crippen LogP contribution in [0.1, 0.15) is 28.0 Å². The minimum Gasteiger partial charge on any atom is -0.508 e. The zero-order chi connectivity index (χ0) is 21.8. The van der Waals surface area contributed by atoms with Crippen LogP contribution in [0.2, 0.25) is 0 Å². The Morgan fingerprint density at radius 1 is 0.839 bits per heavy atom. The first-order valence-electron chi connectivity index (χ1n) is 10.6. The zero-order valence-corrected chi connectivity index (χ0v) is 17.6. The van der Waals surface area contributed by atoms with Crippen LogP contribution in [0, 0.1) is 0 Å². The van der Waals surface area contributed by atoms with Gasteiger partial charge in [-0.15, -0.1) is 11.8 Å². The third-order valence-electron chi connectivity index (χ3n) is 5.28. The predicted molar refractivity (Wildman–Crippen MR) is 124 cm³/mol. The second kappa shape index (κ2) is 8.78. The number of hydrogen-bond acceptors (Lipinski definition) is 4. The molecule has 0 aromatic heterocycles. The number of phenolic OH excluding ortho intramolecular Hbond substituents is 1. The maximum absolute atomic E-state index is 7.09. The van der Waals surface area contributed by atoms with Crippen molar-refractivity contribution < 1.29 is 14.6 Å². The van der Waals surface area contributed by atoms with Crippen molar-refractivity contribution in [2.45, 2.75) is 22.9 Å². The first-order chi connectivity index (χ1) is 15.8. The van der Waals surface area contributed by atoms with E-state index in [9.17, 15) is 0 Å². The molecule has 5 rings (SSSR count). The quantitative estimate of drug-likeness (QED) is 0.361. The molecule has 0 amide bonds. The van der Waals surface area contributed by atoms with Gasteiger partial charge in [0.1, 0.15) is 30.0 Å². The van der Waals surface area contributed by atoms with Gasteiger partial charge in [0, 0.05) is 0 Å². The minimum atomic E-state index is -0.161. The lowest BCUT2D eigenvalue weighted by molar-refractivity contribution is 0.190. The summed E-state index contributed by atoms with van der Waals surface area (Å²) in [5, 5.41) is 4.66. The van der Waals surface area contributed by atoms with Gasteiger partial charge in [0.15, 0.2) is 0 Å². The van der Waals surface area contributed by atoms with E-state index in [1.54, 1.807) is 23.9 Å². The molecule has 0 spiro atoms. The molecule has 1 aliphatic rings. The van der Waals surface area contributed by atoms with Crippen LogP contribution in [0.4, 0.5) is 0 Å². The first kappa shape index (κ1) is 18.4. The van der Waals surface area contributed by atoms with Gasteiger partial charge in [0.05, 0.1) is 10.1 Å². The van der Waals surface area contributed by atoms with Gasteiger partial charge >= 0.3 is 0 Å². The number of hydrogen-bond donors (Lipinski definition) is 1. The Hall–Kier alpha value is -3.37. The summed E-state index contributed by atoms with van der Waals surface area (Å²) in [6.07, 6.45) is -0.161. The van der Waals surface area contributed by atoms with Crippen LogP contribution in [0.3, 0.4) is 0 Å². The van der Waals surface area contributed by atoms with Crippen LogP contribution in [0.15, 0.2) is 108 Å². The minimum absolute atomic E-state index is 0.0795. The molecule has 0 saturated carbocycles. The predicted octanol–water partition coefficient (Wildman–Crippen LogP) is 6.94. The van der Waals surface area contributed by atoms with Crippen LogP contribution in [0.5, 0.6) is 17.2 Å². The molecular weight excluding hydrogens is 404 g/mol. The lowest BCUT2D eigenvalue weighted by Crippen LogP contribution is -2.19. The Morgan fingerprint density at radius 3 is 2.32 bits per heavy atom. The molecule has 3 nitrogen and oxygen atoms in total. The molecule has 0 aliphatic carbocycles. The molecule has 0 saturated heterocycles. The highest BCUT2D eigenvalue weighted by atomic mass is 32.2. The second-order valence-corrected chi connectivity index (χ2v) is 8.62. The zero-order valence-electron chi connectivity index (χ0n) is 17.8. The number of benzene rings is 4. The molecule has 1 aliphatic heterocycles. The fourth-order valence-corrected chi connectivity index (χ4v) is 5.01. The standard InChI is InChI=1S/C27H22O3S/c28-22-13-11-20(12-14-22)26-27(21-9-5-2-6-10-21)31-25-17-23(15-16-24(25)30-26)29-18-19-7-3-1-4-8-19/h1-17,26-28H,18H2/t26-,27+/m1/s1/i/hT. The van der Waals surface area contributed by atoms with E-state index in [4.69, 9.17) is 10.9 Å². The van der Waals surface area contributed by atoms with E-state index in [1.807, 2.05) is 48.5 Å². The van der Waals surface area contributed by atoms with E-state index in [0.29, 0.717) is 12.4 Å². The van der Waals surface area contributed by atoms with E-state index in [1.165, 1.54) is 5.56 Å². The van der Waals surface area contributed by atoms with Gasteiger partial charge in [0.2, 0.25) is 0 Å². The maximum atomic E-state index is 7.09. The van der Waals surface area contributed by atoms with Gasteiger partial charge in [-0.1, -0.05) is 72.8 Å². The molecule has 1 heterocycles. The molecular formula is C27H22O3S. The summed E-state index contributed by atoms with van der Waals surface area (Å²) >= 11 is 1.79. The molecule has 4 heteroatoms. The fraction of sp³-hybridized carbons (Fsp3) is 0.111. The van der Waals surface area contributed by atoms with Gasteiger partial charge in [-0.3, -0.25) is 0 Å². The van der Waals surface area contributed by atoms with E-state index in [0.717, 1.165) is 27.5 Å². The van der Waals surface area contributed by atoms with E-state index in [2.05, 4.69) is 47.6 Å². The summed E-state index contributed by atoms with van der Waals surface area (Å²) in [5.74, 6) is 2.18. The lowest BCUT2D eigenvalue weighted by Gasteiger charge is -2.34. The molecule has 0 radical (unpaired) electrons. The molecule has 0 unspecified atom stereocenters. The molecule has 2 atom stereocenters. The lowest BCUT2D eigenvalue weighted by atomic mass is 10.00. The van der Waals surface area contributed by atoms with Crippen LogP contribution < -0.4 is 9.47 Å². The Labute approximate surface area is 187 Å². The third kappa shape index (κ3) is 4.39. The largest absolute Gasteiger partial charge is 0.508 e. The van der Waals surface area contributed by atoms with E-state index in [-0.39, 0.29) is 11.4 Å². The van der Waals surface area contributed by atoms with E-state index < -0.39 is 0 Å². The average Bonchev–Trinajstić information content (AvgIpc) is 2.88. The fourth-order valence-electron chi connectivity index (χ4n) is 3.69. The van der Waals surface area contributed by atoms with Crippen LogP contribution in [-0.2, 0) is 6.61 Å². The number of aromatic hydroxyl groups is 1. The van der Waals surface area contributed by atoms with Gasteiger partial charge in [-0.25, -0.2) is 0 Å². The van der Waals surface area contributed by atoms with Gasteiger partial charge in [0.25, 0.3) is 1.43 Å². The van der Waals surface area contributed by atoms with Crippen molar-refractivity contribution in [2.24, 2.45) is 0 Å². The molecule has 1 N–H and O–H groups in total. The van der Waals surface area contributed by atoms with Crippen LogP contribution in [-0.4, -0.2) is 6.54 Å². The number of phenols is 1. The first-order valence-corrected chi connectivity index (χ1v) is 11.1. The number of fused-ring (bicyclic) bond motifs is 1. The summed E-state index contributed by atoms with van der Waals surface area (Å²) in [5.41, 5.74) is 3.38. The van der Waals surface area contributed by atoms with Gasteiger partial charge in [-0.05, 0) is 47.0 Å². The van der Waals surface area contributed by atoms with Crippen molar-refractivity contribution in [2.75, 3.05) is 0 Å². The Balaban J connectivity index is 1.43. The molecule has 4 aromatic rings. The van der Waals surface area contributed by atoms with Crippen molar-refractivity contribution in [3.63, 3.8) is 0 Å². The summed E-state index contributed by atoms with van der Waals surface area (Å²) in [6.45, 7) is 0.528. The monoisotopic (exact) mass is 428 g/mol. The summed E-state index contributed by atoms with van der Waals surface area (Å²) in [6, 6.07) is 34.1. The highest BCUT2D eigenvalue weighted by Gasteiger charge is 2.33. The summed E-state index contributed by atoms with van der Waals surface area (Å²) in [4.78, 5) is 1.06. The topological polar surface area (TPSA) is 38.7 Å². The van der Waals surface area contributed by atoms with Crippen molar-refractivity contribution in [1.29, 1.82) is 1.43 Å². The highest BCUT2D eigenvalue weighted by molar-refractivity contribution is 7.99. The Bertz CT molecular complexity index is 1170. The SMILES string of the molecule is [3H]Oc1ccc([C@H]2Oc3ccc(OCc4ccccc4)cc3S[C@H]2c2ccccc2)cc1. The summed E-state index contributed by atoms with van der Waals surface area (Å²) in [7, 11) is 0. The smallest absolute Gasteiger partial charge is 0.293 e. The molecule has 0 bridgehead atoms. The summed E-state index contributed by atoms with van der Waals surface area (Å²) < 4.78 is 19.6. The molecule has 31 heavy (non-hydrogen) atoms. The van der Waals surface area contributed by atoms with Crippen molar-refractivity contribution in [3.05, 3.63) is 120 Å². The van der Waals surface area contributed by atoms with Gasteiger partial charge in [-0.2, -0.15) is 0 Å². The third-order valence-corrected chi connectivity index (χ3v) is 6.63.